The van der Waals surface area contributed by atoms with E-state index >= 15 is 0 Å². The van der Waals surface area contributed by atoms with Gasteiger partial charge in [0.05, 0.1) is 12.7 Å². The summed E-state index contributed by atoms with van der Waals surface area (Å²) in [5.41, 5.74) is 7.50. The summed E-state index contributed by atoms with van der Waals surface area (Å²) in [5, 5.41) is 4.13. The third-order valence-electron chi connectivity index (χ3n) is 2.44. The van der Waals surface area contributed by atoms with Crippen molar-refractivity contribution in [2.24, 2.45) is 12.8 Å². The van der Waals surface area contributed by atoms with Crippen molar-refractivity contribution in [3.8, 4) is 0 Å². The fourth-order valence-electron chi connectivity index (χ4n) is 1.68. The van der Waals surface area contributed by atoms with Crippen molar-refractivity contribution in [2.75, 3.05) is 6.54 Å². The summed E-state index contributed by atoms with van der Waals surface area (Å²) in [6.07, 6.45) is 2.64. The highest BCUT2D eigenvalue weighted by Crippen LogP contribution is 2.16. The predicted molar refractivity (Wildman–Crippen MR) is 46.9 cm³/mol. The first-order valence-electron chi connectivity index (χ1n) is 4.22. The van der Waals surface area contributed by atoms with E-state index in [-0.39, 0.29) is 6.03 Å². The summed E-state index contributed by atoms with van der Waals surface area (Å²) >= 11 is 0. The third kappa shape index (κ3) is 1.26. The smallest absolute Gasteiger partial charge is 0.315 e. The van der Waals surface area contributed by atoms with E-state index < -0.39 is 0 Å². The van der Waals surface area contributed by atoms with E-state index in [1.807, 2.05) is 11.7 Å². The lowest BCUT2D eigenvalue weighted by Crippen LogP contribution is -2.39. The summed E-state index contributed by atoms with van der Waals surface area (Å²) in [4.78, 5) is 12.5. The maximum absolute atomic E-state index is 10.9. The first-order chi connectivity index (χ1) is 6.18. The zero-order chi connectivity index (χ0) is 9.42. The van der Waals surface area contributed by atoms with Crippen LogP contribution in [0.15, 0.2) is 6.20 Å². The Morgan fingerprint density at radius 2 is 2.46 bits per heavy atom. The molecule has 13 heavy (non-hydrogen) atoms. The molecule has 0 radical (unpaired) electrons. The number of urea groups is 1. The van der Waals surface area contributed by atoms with E-state index in [1.165, 1.54) is 5.69 Å². The van der Waals surface area contributed by atoms with E-state index in [1.54, 1.807) is 11.1 Å². The van der Waals surface area contributed by atoms with Crippen LogP contribution in [-0.4, -0.2) is 27.3 Å². The Morgan fingerprint density at radius 1 is 1.69 bits per heavy atom. The fourth-order valence-corrected chi connectivity index (χ4v) is 1.68. The minimum absolute atomic E-state index is 0.352. The summed E-state index contributed by atoms with van der Waals surface area (Å²) < 4.78 is 1.85. The summed E-state index contributed by atoms with van der Waals surface area (Å²) in [7, 11) is 1.92. The van der Waals surface area contributed by atoms with Crippen molar-refractivity contribution in [1.82, 2.24) is 14.7 Å². The van der Waals surface area contributed by atoms with Gasteiger partial charge < -0.3 is 10.6 Å². The van der Waals surface area contributed by atoms with Crippen molar-refractivity contribution in [3.63, 3.8) is 0 Å². The maximum atomic E-state index is 10.9. The molecule has 0 spiro atoms. The second-order valence-electron chi connectivity index (χ2n) is 3.25. The number of nitrogens with two attached hydrogens (primary N) is 1. The molecule has 0 saturated heterocycles. The van der Waals surface area contributed by atoms with Crippen LogP contribution in [0.25, 0.3) is 0 Å². The zero-order valence-electron chi connectivity index (χ0n) is 7.53. The molecule has 70 valence electrons. The predicted octanol–water partition coefficient (Wildman–Crippen LogP) is -0.143. The molecule has 0 saturated carbocycles. The van der Waals surface area contributed by atoms with Crippen LogP contribution in [0.5, 0.6) is 0 Å². The number of hydrogen-bond acceptors (Lipinski definition) is 2. The minimum Gasteiger partial charge on any atom is -0.351 e. The molecule has 2 N–H and O–H groups in total. The number of nitrogens with zero attached hydrogens (tertiary/aromatic N) is 3. The lowest BCUT2D eigenvalue weighted by Gasteiger charge is -2.25. The number of hydrogen-bond donors (Lipinski definition) is 1. The van der Waals surface area contributed by atoms with Gasteiger partial charge in [0.1, 0.15) is 0 Å². The Morgan fingerprint density at radius 3 is 3.15 bits per heavy atom. The Kier molecular flexibility index (Phi) is 1.72. The highest BCUT2D eigenvalue weighted by Gasteiger charge is 2.20. The van der Waals surface area contributed by atoms with Crippen molar-refractivity contribution in [1.29, 1.82) is 0 Å². The normalized spacial score (nSPS) is 15.6. The van der Waals surface area contributed by atoms with Crippen molar-refractivity contribution in [2.45, 2.75) is 13.0 Å². The van der Waals surface area contributed by atoms with Gasteiger partial charge >= 0.3 is 6.03 Å². The SMILES string of the molecule is Cn1ncc2c1CCN(C(N)=O)C2. The van der Waals surface area contributed by atoms with E-state index in [0.717, 1.165) is 12.0 Å². The Labute approximate surface area is 76.1 Å². The Hall–Kier alpha value is -1.52. The molecule has 0 aromatic carbocycles. The number of fused-ring (bicyclic) bond motifs is 1. The maximum Gasteiger partial charge on any atom is 0.315 e. The first-order valence-corrected chi connectivity index (χ1v) is 4.22. The van der Waals surface area contributed by atoms with Gasteiger partial charge in [0, 0.05) is 31.3 Å². The standard InChI is InChI=1S/C8H12N4O/c1-11-7-2-3-12(8(9)13)5-6(7)4-10-11/h4H,2-3,5H2,1H3,(H2,9,13). The minimum atomic E-state index is -0.352. The molecule has 0 fully saturated rings. The number of aryl methyl sites for hydroxylation is 1. The Balaban J connectivity index is 2.25. The average molecular weight is 180 g/mol. The van der Waals surface area contributed by atoms with Gasteiger partial charge in [-0.15, -0.1) is 0 Å². The molecule has 5 heteroatoms. The van der Waals surface area contributed by atoms with Crippen LogP contribution >= 0.6 is 0 Å². The lowest BCUT2D eigenvalue weighted by molar-refractivity contribution is 0.201. The fraction of sp³-hybridized carbons (Fsp3) is 0.500. The van der Waals surface area contributed by atoms with Crippen molar-refractivity contribution >= 4 is 6.03 Å². The molecule has 2 heterocycles. The average Bonchev–Trinajstić information content (AvgIpc) is 2.47. The quantitative estimate of drug-likeness (QED) is 0.603. The van der Waals surface area contributed by atoms with Crippen LogP contribution in [0.4, 0.5) is 4.79 Å². The molecule has 1 aromatic rings. The van der Waals surface area contributed by atoms with Crippen LogP contribution in [-0.2, 0) is 20.0 Å². The molecule has 1 aliphatic rings. The van der Waals surface area contributed by atoms with Gasteiger partial charge in [0.2, 0.25) is 0 Å². The summed E-state index contributed by atoms with van der Waals surface area (Å²) in [6, 6.07) is -0.352. The molecule has 5 nitrogen and oxygen atoms in total. The van der Waals surface area contributed by atoms with Crippen LogP contribution in [0.1, 0.15) is 11.3 Å². The molecule has 0 bridgehead atoms. The second-order valence-corrected chi connectivity index (χ2v) is 3.25. The van der Waals surface area contributed by atoms with E-state index in [2.05, 4.69) is 5.10 Å². The Bertz CT molecular complexity index is 344. The van der Waals surface area contributed by atoms with Crippen LogP contribution < -0.4 is 5.73 Å². The summed E-state index contributed by atoms with van der Waals surface area (Å²) in [6.45, 7) is 1.29. The van der Waals surface area contributed by atoms with E-state index in [4.69, 9.17) is 5.73 Å². The van der Waals surface area contributed by atoms with Crippen LogP contribution in [0, 0.1) is 0 Å². The molecule has 0 atom stereocenters. The number of rotatable bonds is 0. The molecule has 0 aliphatic carbocycles. The van der Waals surface area contributed by atoms with Gasteiger partial charge in [-0.05, 0) is 0 Å². The molecule has 1 aliphatic heterocycles. The molecular weight excluding hydrogens is 168 g/mol. The molecular formula is C8H12N4O. The zero-order valence-corrected chi connectivity index (χ0v) is 7.53. The van der Waals surface area contributed by atoms with Gasteiger partial charge in [0.15, 0.2) is 0 Å². The van der Waals surface area contributed by atoms with Crippen LogP contribution in [0.2, 0.25) is 0 Å². The highest BCUT2D eigenvalue weighted by molar-refractivity contribution is 5.72. The third-order valence-corrected chi connectivity index (χ3v) is 2.44. The van der Waals surface area contributed by atoms with Crippen LogP contribution in [0.3, 0.4) is 0 Å². The van der Waals surface area contributed by atoms with Gasteiger partial charge in [-0.1, -0.05) is 0 Å². The molecule has 2 rings (SSSR count). The topological polar surface area (TPSA) is 64.2 Å². The number of carbonyl (C=O) groups excluding carboxylic acids is 1. The van der Waals surface area contributed by atoms with E-state index in [9.17, 15) is 4.79 Å². The number of primary amides is 1. The van der Waals surface area contributed by atoms with Gasteiger partial charge in [-0.25, -0.2) is 4.79 Å². The lowest BCUT2D eigenvalue weighted by atomic mass is 10.1. The first kappa shape index (κ1) is 8.10. The molecule has 0 unspecified atom stereocenters. The van der Waals surface area contributed by atoms with Crippen molar-refractivity contribution < 1.29 is 4.79 Å². The van der Waals surface area contributed by atoms with Gasteiger partial charge in [-0.3, -0.25) is 4.68 Å². The number of carbonyl (C=O) groups is 1. The molecule has 1 aromatic heterocycles. The van der Waals surface area contributed by atoms with Crippen molar-refractivity contribution in [3.05, 3.63) is 17.5 Å². The number of aromatic nitrogens is 2. The molecule has 2 amide bonds. The summed E-state index contributed by atoms with van der Waals surface area (Å²) in [5.74, 6) is 0. The number of amides is 2. The highest BCUT2D eigenvalue weighted by atomic mass is 16.2. The van der Waals surface area contributed by atoms with Gasteiger partial charge in [0.25, 0.3) is 0 Å². The largest absolute Gasteiger partial charge is 0.351 e. The second kappa shape index (κ2) is 2.76. The van der Waals surface area contributed by atoms with E-state index in [0.29, 0.717) is 13.1 Å². The van der Waals surface area contributed by atoms with Gasteiger partial charge in [-0.2, -0.15) is 5.10 Å². The monoisotopic (exact) mass is 180 g/mol.